The van der Waals surface area contributed by atoms with Crippen molar-refractivity contribution in [1.82, 2.24) is 9.38 Å². The maximum absolute atomic E-state index is 13.2. The second-order valence-corrected chi connectivity index (χ2v) is 5.53. The van der Waals surface area contributed by atoms with Crippen LogP contribution in [-0.4, -0.2) is 9.38 Å². The molecule has 0 aliphatic heterocycles. The molecule has 0 atom stereocenters. The normalized spacial score (nSPS) is 11.4. The van der Waals surface area contributed by atoms with Crippen molar-refractivity contribution in [3.8, 4) is 11.3 Å². The minimum atomic E-state index is -0.246. The highest BCUT2D eigenvalue weighted by Gasteiger charge is 2.11. The quantitative estimate of drug-likeness (QED) is 0.501. The van der Waals surface area contributed by atoms with Gasteiger partial charge in [0.2, 0.25) is 0 Å². The monoisotopic (exact) mass is 314 g/mol. The molecule has 2 aromatic heterocycles. The van der Waals surface area contributed by atoms with Crippen molar-refractivity contribution in [1.29, 1.82) is 0 Å². The summed E-state index contributed by atoms with van der Waals surface area (Å²) in [5.74, 6) is -0.246. The molecule has 0 saturated heterocycles. The fourth-order valence-electron chi connectivity index (χ4n) is 2.73. The van der Waals surface area contributed by atoms with E-state index in [0.29, 0.717) is 0 Å². The lowest BCUT2D eigenvalue weighted by Crippen LogP contribution is -1.87. The van der Waals surface area contributed by atoms with Gasteiger partial charge in [0.25, 0.3) is 0 Å². The van der Waals surface area contributed by atoms with Crippen LogP contribution in [-0.2, 0) is 0 Å². The Hall–Kier alpha value is -3.20. The van der Waals surface area contributed by atoms with Gasteiger partial charge in [-0.1, -0.05) is 42.5 Å². The Labute approximate surface area is 139 Å². The van der Waals surface area contributed by atoms with Gasteiger partial charge >= 0.3 is 0 Å². The molecular weight excluding hydrogens is 299 g/mol. The number of hydrogen-bond acceptors (Lipinski definition) is 1. The van der Waals surface area contributed by atoms with E-state index in [2.05, 4.69) is 18.2 Å². The zero-order chi connectivity index (χ0) is 16.4. The minimum absolute atomic E-state index is 0.246. The molecule has 0 aliphatic carbocycles. The molecule has 24 heavy (non-hydrogen) atoms. The summed E-state index contributed by atoms with van der Waals surface area (Å²) < 4.78 is 15.3. The fourth-order valence-corrected chi connectivity index (χ4v) is 2.73. The predicted octanol–water partition coefficient (Wildman–Crippen LogP) is 5.31. The van der Waals surface area contributed by atoms with Crippen LogP contribution in [0.2, 0.25) is 0 Å². The van der Waals surface area contributed by atoms with Crippen molar-refractivity contribution >= 4 is 17.8 Å². The van der Waals surface area contributed by atoms with E-state index in [1.165, 1.54) is 12.1 Å². The lowest BCUT2D eigenvalue weighted by Gasteiger charge is -2.01. The van der Waals surface area contributed by atoms with Crippen LogP contribution in [0.4, 0.5) is 4.39 Å². The first kappa shape index (κ1) is 14.4. The van der Waals surface area contributed by atoms with Gasteiger partial charge < -0.3 is 0 Å². The molecule has 3 heteroatoms. The molecule has 116 valence electrons. The first-order valence-electron chi connectivity index (χ1n) is 7.77. The van der Waals surface area contributed by atoms with E-state index in [4.69, 9.17) is 4.98 Å². The molecule has 4 rings (SSSR count). The van der Waals surface area contributed by atoms with Gasteiger partial charge in [0, 0.05) is 11.8 Å². The Morgan fingerprint density at radius 1 is 0.792 bits per heavy atom. The molecule has 4 aromatic rings. The predicted molar refractivity (Wildman–Crippen MR) is 96.0 cm³/mol. The van der Waals surface area contributed by atoms with Crippen LogP contribution in [0.25, 0.3) is 29.1 Å². The Balaban J connectivity index is 1.87. The first-order valence-corrected chi connectivity index (χ1v) is 7.77. The lowest BCUT2D eigenvalue weighted by molar-refractivity contribution is 0.628. The zero-order valence-corrected chi connectivity index (χ0v) is 12.9. The summed E-state index contributed by atoms with van der Waals surface area (Å²) in [4.78, 5) is 4.71. The molecule has 2 heterocycles. The van der Waals surface area contributed by atoms with Crippen molar-refractivity contribution in [2.24, 2.45) is 0 Å². The molecule has 0 radical (unpaired) electrons. The summed E-state index contributed by atoms with van der Waals surface area (Å²) in [6, 6.07) is 22.5. The van der Waals surface area contributed by atoms with Gasteiger partial charge in [-0.25, -0.2) is 9.37 Å². The van der Waals surface area contributed by atoms with Crippen LogP contribution < -0.4 is 0 Å². The van der Waals surface area contributed by atoms with E-state index in [0.717, 1.165) is 28.2 Å². The molecule has 0 fully saturated rings. The van der Waals surface area contributed by atoms with Gasteiger partial charge in [0.15, 0.2) is 0 Å². The highest BCUT2D eigenvalue weighted by molar-refractivity contribution is 5.79. The van der Waals surface area contributed by atoms with E-state index in [1.54, 1.807) is 12.1 Å². The maximum Gasteiger partial charge on any atom is 0.137 e. The molecule has 0 aliphatic rings. The molecule has 2 aromatic carbocycles. The van der Waals surface area contributed by atoms with Crippen molar-refractivity contribution < 1.29 is 4.39 Å². The second-order valence-electron chi connectivity index (χ2n) is 5.53. The van der Waals surface area contributed by atoms with Crippen molar-refractivity contribution in [3.05, 3.63) is 96.1 Å². The largest absolute Gasteiger partial charge is 0.300 e. The van der Waals surface area contributed by atoms with Gasteiger partial charge in [0.1, 0.15) is 11.5 Å². The van der Waals surface area contributed by atoms with Crippen LogP contribution in [0.3, 0.4) is 0 Å². The number of rotatable bonds is 3. The van der Waals surface area contributed by atoms with Crippen molar-refractivity contribution in [3.63, 3.8) is 0 Å². The Bertz CT molecular complexity index is 999. The fraction of sp³-hybridized carbons (Fsp3) is 0. The van der Waals surface area contributed by atoms with Crippen LogP contribution in [0.1, 0.15) is 11.3 Å². The third kappa shape index (κ3) is 2.72. The summed E-state index contributed by atoms with van der Waals surface area (Å²) >= 11 is 0. The van der Waals surface area contributed by atoms with Crippen molar-refractivity contribution in [2.75, 3.05) is 0 Å². The Kier molecular flexibility index (Phi) is 3.67. The average molecular weight is 314 g/mol. The maximum atomic E-state index is 13.2. The molecular formula is C21H15FN2. The third-order valence-corrected chi connectivity index (χ3v) is 3.92. The number of pyridine rings is 1. The Morgan fingerprint density at radius 3 is 2.33 bits per heavy atom. The highest BCUT2D eigenvalue weighted by Crippen LogP contribution is 2.26. The van der Waals surface area contributed by atoms with Crippen molar-refractivity contribution in [2.45, 2.75) is 0 Å². The summed E-state index contributed by atoms with van der Waals surface area (Å²) in [7, 11) is 0. The lowest BCUT2D eigenvalue weighted by atomic mass is 10.1. The average Bonchev–Trinajstić information content (AvgIpc) is 3.00. The highest BCUT2D eigenvalue weighted by atomic mass is 19.1. The van der Waals surface area contributed by atoms with Gasteiger partial charge in [-0.2, -0.15) is 0 Å². The molecule has 0 saturated carbocycles. The van der Waals surface area contributed by atoms with E-state index < -0.39 is 0 Å². The summed E-state index contributed by atoms with van der Waals surface area (Å²) in [5, 5.41) is 0. The SMILES string of the molecule is Fc1ccc(-c2nc3ccccn3c2/C=C/c2ccccc2)cc1. The number of hydrogen-bond donors (Lipinski definition) is 0. The molecule has 0 bridgehead atoms. The minimum Gasteiger partial charge on any atom is -0.300 e. The molecule has 2 nitrogen and oxygen atoms in total. The second kappa shape index (κ2) is 6.13. The molecule has 0 unspecified atom stereocenters. The van der Waals surface area contributed by atoms with Crippen LogP contribution in [0.5, 0.6) is 0 Å². The van der Waals surface area contributed by atoms with E-state index in [-0.39, 0.29) is 5.82 Å². The standard InChI is InChI=1S/C21H15FN2/c22-18-12-10-17(11-13-18)21-19(14-9-16-6-2-1-3-7-16)24-15-5-4-8-20(24)23-21/h1-15H/b14-9+. The molecule has 0 spiro atoms. The zero-order valence-electron chi connectivity index (χ0n) is 12.9. The van der Waals surface area contributed by atoms with Crippen LogP contribution >= 0.6 is 0 Å². The summed E-state index contributed by atoms with van der Waals surface area (Å²) in [5.41, 5.74) is 4.69. The number of fused-ring (bicyclic) bond motifs is 1. The van der Waals surface area contributed by atoms with Gasteiger partial charge in [0.05, 0.1) is 11.4 Å². The third-order valence-electron chi connectivity index (χ3n) is 3.92. The van der Waals surface area contributed by atoms with E-state index >= 15 is 0 Å². The molecule has 0 amide bonds. The van der Waals surface area contributed by atoms with Crippen LogP contribution in [0.15, 0.2) is 79.0 Å². The van der Waals surface area contributed by atoms with E-state index in [9.17, 15) is 4.39 Å². The van der Waals surface area contributed by atoms with Gasteiger partial charge in [-0.05, 0) is 48.0 Å². The Morgan fingerprint density at radius 2 is 1.54 bits per heavy atom. The number of aromatic nitrogens is 2. The smallest absolute Gasteiger partial charge is 0.137 e. The van der Waals surface area contributed by atoms with Gasteiger partial charge in [-0.15, -0.1) is 0 Å². The molecule has 0 N–H and O–H groups in total. The van der Waals surface area contributed by atoms with E-state index in [1.807, 2.05) is 53.1 Å². The summed E-state index contributed by atoms with van der Waals surface area (Å²) in [6.45, 7) is 0. The summed E-state index contributed by atoms with van der Waals surface area (Å²) in [6.07, 6.45) is 6.09. The van der Waals surface area contributed by atoms with Crippen LogP contribution in [0, 0.1) is 5.82 Å². The number of benzene rings is 2. The number of halogens is 1. The topological polar surface area (TPSA) is 17.3 Å². The van der Waals surface area contributed by atoms with Gasteiger partial charge in [-0.3, -0.25) is 4.40 Å². The first-order chi connectivity index (χ1) is 11.8. The number of imidazole rings is 1. The number of nitrogens with zero attached hydrogens (tertiary/aromatic N) is 2.